The molecule has 1 unspecified atom stereocenters. The molecule has 1 heterocycles. The van der Waals surface area contributed by atoms with Gasteiger partial charge in [-0.05, 0) is 61.1 Å². The second-order valence-electron chi connectivity index (χ2n) is 10.3. The van der Waals surface area contributed by atoms with Crippen LogP contribution in [0.15, 0.2) is 48.5 Å². The van der Waals surface area contributed by atoms with Gasteiger partial charge in [-0.15, -0.1) is 0 Å². The van der Waals surface area contributed by atoms with Gasteiger partial charge in [0.2, 0.25) is 11.8 Å². The molecule has 41 heavy (non-hydrogen) atoms. The van der Waals surface area contributed by atoms with Crippen molar-refractivity contribution >= 4 is 23.9 Å². The van der Waals surface area contributed by atoms with E-state index in [0.29, 0.717) is 51.0 Å². The van der Waals surface area contributed by atoms with E-state index in [1.807, 2.05) is 12.1 Å². The first-order valence-electron chi connectivity index (χ1n) is 13.6. The number of esters is 1. The minimum absolute atomic E-state index is 0.182. The number of amides is 2. The van der Waals surface area contributed by atoms with Crippen molar-refractivity contribution in [1.82, 2.24) is 15.1 Å². The van der Waals surface area contributed by atoms with Crippen LogP contribution >= 0.6 is 0 Å². The highest BCUT2D eigenvalue weighted by Gasteiger charge is 2.33. The van der Waals surface area contributed by atoms with Gasteiger partial charge in [0.1, 0.15) is 5.82 Å². The number of ether oxygens (including phenoxy) is 1. The minimum atomic E-state index is -4.67. The maximum absolute atomic E-state index is 14.1. The molecule has 2 aliphatic rings. The van der Waals surface area contributed by atoms with E-state index in [0.717, 1.165) is 42.7 Å². The van der Waals surface area contributed by atoms with Crippen LogP contribution < -0.4 is 5.32 Å². The van der Waals surface area contributed by atoms with Gasteiger partial charge in [-0.2, -0.15) is 13.2 Å². The number of rotatable bonds is 10. The van der Waals surface area contributed by atoms with Gasteiger partial charge >= 0.3 is 12.1 Å². The fourth-order valence-electron chi connectivity index (χ4n) is 4.94. The third-order valence-electron chi connectivity index (χ3n) is 7.37. The molecule has 1 saturated carbocycles. The molecule has 7 nitrogen and oxygen atoms in total. The van der Waals surface area contributed by atoms with Gasteiger partial charge in [-0.1, -0.05) is 30.3 Å². The zero-order valence-corrected chi connectivity index (χ0v) is 22.8. The lowest BCUT2D eigenvalue weighted by atomic mass is 9.98. The standard InChI is InChI=1S/C30H33F4N3O4/c1-41-29(40)6-3-13-36-14-15-37(26(19-36)23-5-2-4-22(16-23)20-7-8-20)28(39)18-35-27(38)12-10-21-9-11-24(17-25(21)31)30(32,33)34/h2,4-5,9-12,16-17,20,26H,3,6-8,13-15,18-19H2,1H3,(H,35,38)/b12-10+. The predicted molar refractivity (Wildman–Crippen MR) is 144 cm³/mol. The zero-order valence-electron chi connectivity index (χ0n) is 22.8. The summed E-state index contributed by atoms with van der Waals surface area (Å²) < 4.78 is 57.0. The van der Waals surface area contributed by atoms with Gasteiger partial charge in [-0.3, -0.25) is 19.3 Å². The number of nitrogens with one attached hydrogen (secondary N) is 1. The Morgan fingerprint density at radius 3 is 2.51 bits per heavy atom. The first-order valence-corrected chi connectivity index (χ1v) is 13.6. The van der Waals surface area contributed by atoms with Gasteiger partial charge in [-0.25, -0.2) is 4.39 Å². The molecular weight excluding hydrogens is 542 g/mol. The molecule has 220 valence electrons. The van der Waals surface area contributed by atoms with Crippen molar-refractivity contribution < 1.29 is 36.7 Å². The van der Waals surface area contributed by atoms with E-state index in [2.05, 4.69) is 22.3 Å². The van der Waals surface area contributed by atoms with E-state index >= 15 is 0 Å². The van der Waals surface area contributed by atoms with E-state index in [1.165, 1.54) is 12.7 Å². The van der Waals surface area contributed by atoms with E-state index < -0.39 is 23.5 Å². The third kappa shape index (κ3) is 8.39. The van der Waals surface area contributed by atoms with Crippen LogP contribution in [0, 0.1) is 5.82 Å². The zero-order chi connectivity index (χ0) is 29.6. The highest BCUT2D eigenvalue weighted by molar-refractivity contribution is 5.94. The van der Waals surface area contributed by atoms with Crippen molar-refractivity contribution in [2.45, 2.75) is 43.8 Å². The van der Waals surface area contributed by atoms with Crippen LogP contribution in [0.2, 0.25) is 0 Å². The number of hydrogen-bond acceptors (Lipinski definition) is 5. The van der Waals surface area contributed by atoms with Gasteiger partial charge in [0.15, 0.2) is 0 Å². The molecule has 1 aliphatic heterocycles. The molecule has 1 saturated heterocycles. The molecule has 1 N–H and O–H groups in total. The molecule has 11 heteroatoms. The van der Waals surface area contributed by atoms with Crippen LogP contribution in [-0.4, -0.2) is 67.4 Å². The van der Waals surface area contributed by atoms with Crippen molar-refractivity contribution in [3.05, 3.63) is 76.6 Å². The average molecular weight is 576 g/mol. The summed E-state index contributed by atoms with van der Waals surface area (Å²) in [6.07, 6.45) is 0.610. The monoisotopic (exact) mass is 575 g/mol. The van der Waals surface area contributed by atoms with Crippen LogP contribution in [0.5, 0.6) is 0 Å². The summed E-state index contributed by atoms with van der Waals surface area (Å²) in [5, 5.41) is 2.50. The normalized spacial score (nSPS) is 18.0. The summed E-state index contributed by atoms with van der Waals surface area (Å²) in [6.45, 7) is 1.99. The fraction of sp³-hybridized carbons (Fsp3) is 0.433. The Morgan fingerprint density at radius 2 is 1.83 bits per heavy atom. The van der Waals surface area contributed by atoms with Crippen LogP contribution in [-0.2, 0) is 25.3 Å². The average Bonchev–Trinajstić information content (AvgIpc) is 3.80. The minimum Gasteiger partial charge on any atom is -0.469 e. The summed E-state index contributed by atoms with van der Waals surface area (Å²) in [6, 6.07) is 10.0. The molecule has 1 aliphatic carbocycles. The van der Waals surface area contributed by atoms with Gasteiger partial charge in [0.05, 0.1) is 25.3 Å². The summed E-state index contributed by atoms with van der Waals surface area (Å²) in [4.78, 5) is 41.1. The number of halogens is 4. The van der Waals surface area contributed by atoms with E-state index in [9.17, 15) is 31.9 Å². The summed E-state index contributed by atoms with van der Waals surface area (Å²) >= 11 is 0. The first-order chi connectivity index (χ1) is 19.5. The van der Waals surface area contributed by atoms with Gasteiger partial charge in [0, 0.05) is 37.7 Å². The Bertz CT molecular complexity index is 1290. The first kappa shape index (κ1) is 30.2. The molecule has 2 aromatic rings. The number of methoxy groups -OCH3 is 1. The summed E-state index contributed by atoms with van der Waals surface area (Å²) in [5.41, 5.74) is 0.942. The maximum Gasteiger partial charge on any atom is 0.416 e. The second-order valence-corrected chi connectivity index (χ2v) is 10.3. The van der Waals surface area contributed by atoms with Gasteiger partial charge < -0.3 is 15.0 Å². The predicted octanol–water partition coefficient (Wildman–Crippen LogP) is 4.69. The molecule has 1 atom stereocenters. The molecule has 2 amide bonds. The van der Waals surface area contributed by atoms with E-state index in [1.54, 1.807) is 4.90 Å². The van der Waals surface area contributed by atoms with Crippen molar-refractivity contribution in [2.75, 3.05) is 39.8 Å². The third-order valence-corrected chi connectivity index (χ3v) is 7.37. The Hall–Kier alpha value is -3.73. The molecule has 4 rings (SSSR count). The molecule has 0 aromatic heterocycles. The summed E-state index contributed by atoms with van der Waals surface area (Å²) in [5.74, 6) is -1.80. The Kier molecular flexibility index (Phi) is 9.80. The molecule has 0 spiro atoms. The van der Waals surface area contributed by atoms with Crippen molar-refractivity contribution in [3.8, 4) is 0 Å². The van der Waals surface area contributed by atoms with Crippen LogP contribution in [0.4, 0.5) is 17.6 Å². The van der Waals surface area contributed by atoms with Gasteiger partial charge in [0.25, 0.3) is 0 Å². The molecule has 0 bridgehead atoms. The number of piperazine rings is 1. The van der Waals surface area contributed by atoms with Crippen LogP contribution in [0.1, 0.15) is 59.9 Å². The quantitative estimate of drug-likeness (QED) is 0.253. The number of benzene rings is 2. The summed E-state index contributed by atoms with van der Waals surface area (Å²) in [7, 11) is 1.36. The number of nitrogens with zero attached hydrogens (tertiary/aromatic N) is 2. The number of carbonyl (C=O) groups excluding carboxylic acids is 3. The Labute approximate surface area is 236 Å². The lowest BCUT2D eigenvalue weighted by molar-refractivity contribution is -0.141. The van der Waals surface area contributed by atoms with Crippen molar-refractivity contribution in [2.24, 2.45) is 0 Å². The van der Waals surface area contributed by atoms with Crippen LogP contribution in [0.25, 0.3) is 6.08 Å². The van der Waals surface area contributed by atoms with E-state index in [-0.39, 0.29) is 30.0 Å². The van der Waals surface area contributed by atoms with E-state index in [4.69, 9.17) is 4.74 Å². The largest absolute Gasteiger partial charge is 0.469 e. The number of alkyl halides is 3. The Morgan fingerprint density at radius 1 is 1.07 bits per heavy atom. The molecular formula is C30H33F4N3O4. The highest BCUT2D eigenvalue weighted by Crippen LogP contribution is 2.41. The van der Waals surface area contributed by atoms with Crippen molar-refractivity contribution in [3.63, 3.8) is 0 Å². The lowest BCUT2D eigenvalue weighted by Crippen LogP contribution is -2.53. The molecule has 2 aromatic carbocycles. The Balaban J connectivity index is 1.39. The number of carbonyl (C=O) groups is 3. The smallest absolute Gasteiger partial charge is 0.416 e. The molecule has 0 radical (unpaired) electrons. The van der Waals surface area contributed by atoms with Crippen LogP contribution in [0.3, 0.4) is 0 Å². The highest BCUT2D eigenvalue weighted by atomic mass is 19.4. The lowest BCUT2D eigenvalue weighted by Gasteiger charge is -2.42. The van der Waals surface area contributed by atoms with Crippen molar-refractivity contribution in [1.29, 1.82) is 0 Å². The SMILES string of the molecule is COC(=O)CCCN1CCN(C(=O)CNC(=O)/C=C/c2ccc(C(F)(F)F)cc2F)C(c2cccc(C3CC3)c2)C1. The maximum atomic E-state index is 14.1. The fourth-order valence-corrected chi connectivity index (χ4v) is 4.94. The second kappa shape index (κ2) is 13.3. The molecule has 2 fully saturated rings. The number of hydrogen-bond donors (Lipinski definition) is 1. The topological polar surface area (TPSA) is 79.0 Å².